The van der Waals surface area contributed by atoms with Crippen LogP contribution in [0.25, 0.3) is 0 Å². The second kappa shape index (κ2) is 9.60. The van der Waals surface area contributed by atoms with E-state index in [1.165, 1.54) is 11.1 Å². The van der Waals surface area contributed by atoms with Crippen molar-refractivity contribution in [2.24, 2.45) is 11.7 Å². The average Bonchev–Trinajstić information content (AvgIpc) is 3.12. The second-order valence-corrected chi connectivity index (χ2v) is 6.60. The van der Waals surface area contributed by atoms with Gasteiger partial charge in [-0.3, -0.25) is 4.79 Å². The van der Waals surface area contributed by atoms with Gasteiger partial charge in [-0.25, -0.2) is 0 Å². The molecule has 0 unspecified atom stereocenters. The van der Waals surface area contributed by atoms with Crippen molar-refractivity contribution in [1.82, 2.24) is 4.90 Å². The van der Waals surface area contributed by atoms with Crippen LogP contribution in [0.5, 0.6) is 5.75 Å². The Morgan fingerprint density at radius 1 is 1.12 bits per heavy atom. The lowest BCUT2D eigenvalue weighted by atomic mass is 9.89. The van der Waals surface area contributed by atoms with Crippen molar-refractivity contribution < 1.29 is 9.53 Å². The Morgan fingerprint density at radius 2 is 1.81 bits per heavy atom. The fourth-order valence-electron chi connectivity index (χ4n) is 3.45. The summed E-state index contributed by atoms with van der Waals surface area (Å²) < 4.78 is 5.67. The van der Waals surface area contributed by atoms with Gasteiger partial charge in [-0.1, -0.05) is 49.4 Å². The van der Waals surface area contributed by atoms with Crippen LogP contribution in [0, 0.1) is 5.92 Å². The zero-order valence-corrected chi connectivity index (χ0v) is 16.0. The van der Waals surface area contributed by atoms with Gasteiger partial charge in [0.15, 0.2) is 6.61 Å². The molecule has 1 aliphatic rings. The largest absolute Gasteiger partial charge is 0.484 e. The summed E-state index contributed by atoms with van der Waals surface area (Å²) in [6.07, 6.45) is 0.994. The number of likely N-dealkylation sites (tertiary alicyclic amines) is 1. The first-order valence-electron chi connectivity index (χ1n) is 8.95. The molecule has 1 heterocycles. The van der Waals surface area contributed by atoms with Crippen LogP contribution >= 0.6 is 12.4 Å². The molecule has 0 bridgehead atoms. The predicted molar refractivity (Wildman–Crippen MR) is 107 cm³/mol. The van der Waals surface area contributed by atoms with Gasteiger partial charge in [0, 0.05) is 19.0 Å². The molecule has 0 aromatic heterocycles. The lowest BCUT2D eigenvalue weighted by Crippen LogP contribution is -2.33. The fourth-order valence-corrected chi connectivity index (χ4v) is 3.45. The highest BCUT2D eigenvalue weighted by Crippen LogP contribution is 2.32. The van der Waals surface area contributed by atoms with E-state index in [1.54, 1.807) is 0 Å². The third-order valence-electron chi connectivity index (χ3n) is 5.02. The Morgan fingerprint density at radius 3 is 2.42 bits per heavy atom. The smallest absolute Gasteiger partial charge is 0.260 e. The van der Waals surface area contributed by atoms with Gasteiger partial charge in [0.05, 0.1) is 0 Å². The van der Waals surface area contributed by atoms with E-state index in [-0.39, 0.29) is 24.9 Å². The van der Waals surface area contributed by atoms with E-state index in [2.05, 4.69) is 19.1 Å². The molecule has 2 N–H and O–H groups in total. The zero-order valence-electron chi connectivity index (χ0n) is 15.1. The molecule has 140 valence electrons. The summed E-state index contributed by atoms with van der Waals surface area (Å²) in [7, 11) is 0. The Balaban J connectivity index is 0.00000243. The van der Waals surface area contributed by atoms with Crippen molar-refractivity contribution in [2.45, 2.75) is 19.3 Å². The van der Waals surface area contributed by atoms with Crippen molar-refractivity contribution in [3.05, 3.63) is 65.7 Å². The van der Waals surface area contributed by atoms with Gasteiger partial charge in [-0.2, -0.15) is 0 Å². The molecule has 0 spiro atoms. The number of rotatable bonds is 6. The minimum absolute atomic E-state index is 0. The summed E-state index contributed by atoms with van der Waals surface area (Å²) in [6, 6.07) is 18.2. The molecule has 1 amide bonds. The molecule has 1 saturated heterocycles. The Labute approximate surface area is 161 Å². The van der Waals surface area contributed by atoms with E-state index in [4.69, 9.17) is 10.5 Å². The molecule has 2 aromatic rings. The van der Waals surface area contributed by atoms with Crippen LogP contribution in [0.2, 0.25) is 0 Å². The third kappa shape index (κ3) is 4.77. The minimum Gasteiger partial charge on any atom is -0.484 e. The quantitative estimate of drug-likeness (QED) is 0.844. The Bertz CT molecular complexity index is 691. The van der Waals surface area contributed by atoms with Crippen molar-refractivity contribution in [3.63, 3.8) is 0 Å². The molecule has 3 rings (SSSR count). The summed E-state index contributed by atoms with van der Waals surface area (Å²) in [4.78, 5) is 14.4. The minimum atomic E-state index is 0. The molecule has 0 radical (unpaired) electrons. The van der Waals surface area contributed by atoms with Crippen molar-refractivity contribution >= 4 is 18.3 Å². The molecule has 0 aliphatic carbocycles. The highest BCUT2D eigenvalue weighted by molar-refractivity contribution is 5.85. The summed E-state index contributed by atoms with van der Waals surface area (Å²) in [5, 5.41) is 0. The van der Waals surface area contributed by atoms with E-state index in [0.29, 0.717) is 31.5 Å². The van der Waals surface area contributed by atoms with Gasteiger partial charge in [0.25, 0.3) is 5.91 Å². The number of nitrogens with two attached hydrogens (primary N) is 1. The maximum Gasteiger partial charge on any atom is 0.260 e. The van der Waals surface area contributed by atoms with Crippen LogP contribution in [-0.2, 0) is 11.2 Å². The summed E-state index contributed by atoms with van der Waals surface area (Å²) in [6.45, 7) is 4.19. The van der Waals surface area contributed by atoms with Gasteiger partial charge in [-0.05, 0) is 42.1 Å². The van der Waals surface area contributed by atoms with Crippen LogP contribution in [0.3, 0.4) is 0 Å². The molecule has 2 aromatic carbocycles. The van der Waals surface area contributed by atoms with Crippen LogP contribution < -0.4 is 10.5 Å². The topological polar surface area (TPSA) is 55.6 Å². The molecule has 26 heavy (non-hydrogen) atoms. The SMILES string of the molecule is CCc1ccc(OCC(=O)N2C[C@@H](CN)[C@H](c3ccccc3)C2)cc1.Cl. The maximum atomic E-state index is 12.5. The van der Waals surface area contributed by atoms with E-state index < -0.39 is 0 Å². The molecular formula is C21H27ClN2O2. The first-order valence-corrected chi connectivity index (χ1v) is 8.95. The van der Waals surface area contributed by atoms with Crippen molar-refractivity contribution in [3.8, 4) is 5.75 Å². The van der Waals surface area contributed by atoms with Gasteiger partial charge in [0.2, 0.25) is 0 Å². The summed E-state index contributed by atoms with van der Waals surface area (Å²) in [5.74, 6) is 1.37. The lowest BCUT2D eigenvalue weighted by molar-refractivity contribution is -0.132. The number of carbonyl (C=O) groups excluding carboxylic acids is 1. The number of amides is 1. The number of nitrogens with zero attached hydrogens (tertiary/aromatic N) is 1. The van der Waals surface area contributed by atoms with Crippen LogP contribution in [0.4, 0.5) is 0 Å². The number of benzene rings is 2. The first kappa shape index (κ1) is 20.3. The number of halogens is 1. The molecular weight excluding hydrogens is 348 g/mol. The molecule has 1 fully saturated rings. The molecule has 4 nitrogen and oxygen atoms in total. The normalized spacial score (nSPS) is 19.1. The monoisotopic (exact) mass is 374 g/mol. The number of carbonyl (C=O) groups is 1. The number of aryl methyl sites for hydroxylation is 1. The van der Waals surface area contributed by atoms with Crippen molar-refractivity contribution in [1.29, 1.82) is 0 Å². The zero-order chi connectivity index (χ0) is 17.6. The number of ether oxygens (including phenoxy) is 1. The second-order valence-electron chi connectivity index (χ2n) is 6.60. The van der Waals surface area contributed by atoms with Gasteiger partial charge in [-0.15, -0.1) is 12.4 Å². The van der Waals surface area contributed by atoms with E-state index >= 15 is 0 Å². The van der Waals surface area contributed by atoms with Crippen molar-refractivity contribution in [2.75, 3.05) is 26.2 Å². The van der Waals surface area contributed by atoms with Gasteiger partial charge < -0.3 is 15.4 Å². The molecule has 1 aliphatic heterocycles. The molecule has 2 atom stereocenters. The Hall–Kier alpha value is -2.04. The van der Waals surface area contributed by atoms with E-state index in [9.17, 15) is 4.79 Å². The molecule has 5 heteroatoms. The van der Waals surface area contributed by atoms with E-state index in [1.807, 2.05) is 47.4 Å². The lowest BCUT2D eigenvalue weighted by Gasteiger charge is -2.17. The fraction of sp³-hybridized carbons (Fsp3) is 0.381. The van der Waals surface area contributed by atoms with Gasteiger partial charge in [0.1, 0.15) is 5.75 Å². The maximum absolute atomic E-state index is 12.5. The number of hydrogen-bond donors (Lipinski definition) is 1. The standard InChI is InChI=1S/C21H26N2O2.ClH/c1-2-16-8-10-19(11-9-16)25-15-21(24)23-13-18(12-22)20(14-23)17-6-4-3-5-7-17;/h3-11,18,20H,2,12-15,22H2,1H3;1H/t18-,20+;/m1./s1. The molecule has 0 saturated carbocycles. The first-order chi connectivity index (χ1) is 12.2. The highest BCUT2D eigenvalue weighted by atomic mass is 35.5. The van der Waals surface area contributed by atoms with Crippen LogP contribution in [0.15, 0.2) is 54.6 Å². The summed E-state index contributed by atoms with van der Waals surface area (Å²) in [5.41, 5.74) is 8.46. The number of hydrogen-bond acceptors (Lipinski definition) is 3. The third-order valence-corrected chi connectivity index (χ3v) is 5.02. The van der Waals surface area contributed by atoms with E-state index in [0.717, 1.165) is 12.2 Å². The van der Waals surface area contributed by atoms with Crippen LogP contribution in [-0.4, -0.2) is 37.0 Å². The summed E-state index contributed by atoms with van der Waals surface area (Å²) >= 11 is 0. The van der Waals surface area contributed by atoms with Gasteiger partial charge >= 0.3 is 0 Å². The average molecular weight is 375 g/mol. The Kier molecular flexibility index (Phi) is 7.49. The highest BCUT2D eigenvalue weighted by Gasteiger charge is 2.35. The van der Waals surface area contributed by atoms with Crippen LogP contribution in [0.1, 0.15) is 24.0 Å². The predicted octanol–water partition coefficient (Wildman–Crippen LogP) is 3.25.